The van der Waals surface area contributed by atoms with Crippen molar-refractivity contribution in [3.8, 4) is 0 Å². The van der Waals surface area contributed by atoms with Gasteiger partial charge in [-0.25, -0.2) is 9.18 Å². The van der Waals surface area contributed by atoms with Crippen LogP contribution >= 0.6 is 0 Å². The first-order valence-electron chi connectivity index (χ1n) is 9.35. The van der Waals surface area contributed by atoms with Gasteiger partial charge in [0.05, 0.1) is 6.42 Å². The first kappa shape index (κ1) is 20.7. The second-order valence-electron chi connectivity index (χ2n) is 6.53. The number of amides is 4. The van der Waals surface area contributed by atoms with Gasteiger partial charge < -0.3 is 20.9 Å². The molecule has 1 fully saturated rings. The predicted molar refractivity (Wildman–Crippen MR) is 99.6 cm³/mol. The second-order valence-corrected chi connectivity index (χ2v) is 6.53. The van der Waals surface area contributed by atoms with Crippen molar-refractivity contribution in [1.29, 1.82) is 0 Å². The van der Waals surface area contributed by atoms with Gasteiger partial charge in [-0.15, -0.1) is 0 Å². The number of carbonyl (C=O) groups is 3. The van der Waals surface area contributed by atoms with Gasteiger partial charge >= 0.3 is 6.03 Å². The fraction of sp³-hybridized carbons (Fsp3) is 0.526. The van der Waals surface area contributed by atoms with Crippen LogP contribution in [0.3, 0.4) is 0 Å². The first-order valence-corrected chi connectivity index (χ1v) is 9.35. The number of hydrogen-bond acceptors (Lipinski definition) is 3. The Morgan fingerprint density at radius 3 is 2.41 bits per heavy atom. The Bertz CT molecular complexity index is 648. The molecule has 1 aliphatic heterocycles. The number of halogens is 1. The Kier molecular flexibility index (Phi) is 8.54. The molecule has 2 rings (SSSR count). The highest BCUT2D eigenvalue weighted by Gasteiger charge is 2.16. The SMILES string of the molecule is O=C(Cc1cccc(F)c1)NCCNC(=O)NCCC(=O)N1CCCCC1. The number of hydrogen-bond donors (Lipinski definition) is 3. The van der Waals surface area contributed by atoms with E-state index in [4.69, 9.17) is 0 Å². The van der Waals surface area contributed by atoms with Gasteiger partial charge in [0.2, 0.25) is 11.8 Å². The van der Waals surface area contributed by atoms with Crippen LogP contribution in [0.25, 0.3) is 0 Å². The maximum absolute atomic E-state index is 13.1. The van der Waals surface area contributed by atoms with Crippen LogP contribution in [-0.2, 0) is 16.0 Å². The topological polar surface area (TPSA) is 90.5 Å². The lowest BCUT2D eigenvalue weighted by atomic mass is 10.1. The minimum atomic E-state index is -0.377. The Labute approximate surface area is 158 Å². The van der Waals surface area contributed by atoms with E-state index in [1.165, 1.54) is 18.6 Å². The van der Waals surface area contributed by atoms with Crippen molar-refractivity contribution in [2.24, 2.45) is 0 Å². The smallest absolute Gasteiger partial charge is 0.314 e. The Hall–Kier alpha value is -2.64. The average molecular weight is 378 g/mol. The number of carbonyl (C=O) groups excluding carboxylic acids is 3. The fourth-order valence-electron chi connectivity index (χ4n) is 2.92. The highest BCUT2D eigenvalue weighted by atomic mass is 19.1. The zero-order valence-electron chi connectivity index (χ0n) is 15.4. The van der Waals surface area contributed by atoms with Crippen LogP contribution in [0.4, 0.5) is 9.18 Å². The Morgan fingerprint density at radius 2 is 1.67 bits per heavy atom. The summed E-state index contributed by atoms with van der Waals surface area (Å²) >= 11 is 0. The third-order valence-corrected chi connectivity index (χ3v) is 4.32. The first-order chi connectivity index (χ1) is 13.0. The molecule has 0 radical (unpaired) electrons. The average Bonchev–Trinajstić information content (AvgIpc) is 2.66. The van der Waals surface area contributed by atoms with Crippen LogP contribution in [-0.4, -0.2) is 55.5 Å². The maximum Gasteiger partial charge on any atom is 0.314 e. The number of rotatable bonds is 8. The maximum atomic E-state index is 13.1. The zero-order chi connectivity index (χ0) is 19.5. The van der Waals surface area contributed by atoms with E-state index in [9.17, 15) is 18.8 Å². The van der Waals surface area contributed by atoms with Crippen molar-refractivity contribution in [2.45, 2.75) is 32.1 Å². The minimum absolute atomic E-state index is 0.0691. The summed E-state index contributed by atoms with van der Waals surface area (Å²) in [5, 5.41) is 7.91. The van der Waals surface area contributed by atoms with Gasteiger partial charge in [-0.3, -0.25) is 9.59 Å². The molecule has 0 bridgehead atoms. The number of piperidine rings is 1. The highest BCUT2D eigenvalue weighted by Crippen LogP contribution is 2.09. The van der Waals surface area contributed by atoms with E-state index in [-0.39, 0.29) is 56.1 Å². The monoisotopic (exact) mass is 378 g/mol. The van der Waals surface area contributed by atoms with Gasteiger partial charge in [0.1, 0.15) is 5.82 Å². The summed E-state index contributed by atoms with van der Waals surface area (Å²) in [6.45, 7) is 2.43. The van der Waals surface area contributed by atoms with Gasteiger partial charge in [0.25, 0.3) is 0 Å². The molecule has 0 unspecified atom stereocenters. The van der Waals surface area contributed by atoms with E-state index in [1.54, 1.807) is 12.1 Å². The number of nitrogens with zero attached hydrogens (tertiary/aromatic N) is 1. The zero-order valence-corrected chi connectivity index (χ0v) is 15.4. The predicted octanol–water partition coefficient (Wildman–Crippen LogP) is 1.19. The van der Waals surface area contributed by atoms with Crippen molar-refractivity contribution in [3.63, 3.8) is 0 Å². The normalized spacial score (nSPS) is 13.7. The van der Waals surface area contributed by atoms with E-state index in [2.05, 4.69) is 16.0 Å². The minimum Gasteiger partial charge on any atom is -0.354 e. The van der Waals surface area contributed by atoms with E-state index in [0.29, 0.717) is 5.56 Å². The number of likely N-dealkylation sites (tertiary alicyclic amines) is 1. The third kappa shape index (κ3) is 8.06. The largest absolute Gasteiger partial charge is 0.354 e. The Balaban J connectivity index is 1.51. The molecule has 1 heterocycles. The van der Waals surface area contributed by atoms with Crippen LogP contribution in [0.2, 0.25) is 0 Å². The van der Waals surface area contributed by atoms with E-state index < -0.39 is 0 Å². The van der Waals surface area contributed by atoms with Crippen LogP contribution in [0.5, 0.6) is 0 Å². The summed E-state index contributed by atoms with van der Waals surface area (Å²) in [5.74, 6) is -0.549. The lowest BCUT2D eigenvalue weighted by Gasteiger charge is -2.26. The van der Waals surface area contributed by atoms with Crippen molar-refractivity contribution in [1.82, 2.24) is 20.9 Å². The molecular formula is C19H27FN4O3. The van der Waals surface area contributed by atoms with E-state index in [0.717, 1.165) is 25.9 Å². The quantitative estimate of drug-likeness (QED) is 0.594. The molecule has 0 spiro atoms. The molecule has 148 valence electrons. The van der Waals surface area contributed by atoms with Crippen LogP contribution in [0.1, 0.15) is 31.2 Å². The fourth-order valence-corrected chi connectivity index (χ4v) is 2.92. The summed E-state index contributed by atoms with van der Waals surface area (Å²) in [7, 11) is 0. The van der Waals surface area contributed by atoms with Crippen molar-refractivity contribution < 1.29 is 18.8 Å². The molecule has 1 aromatic rings. The standard InChI is InChI=1S/C19H27FN4O3/c20-16-6-4-5-15(13-16)14-17(25)21-9-10-23-19(27)22-8-7-18(26)24-11-2-1-3-12-24/h4-6,13H,1-3,7-12,14H2,(H,21,25)(H2,22,23,27). The number of nitrogens with one attached hydrogen (secondary N) is 3. The summed E-state index contributed by atoms with van der Waals surface area (Å²) < 4.78 is 13.1. The summed E-state index contributed by atoms with van der Waals surface area (Å²) in [4.78, 5) is 37.2. The van der Waals surface area contributed by atoms with Gasteiger partial charge in [0.15, 0.2) is 0 Å². The molecule has 4 amide bonds. The highest BCUT2D eigenvalue weighted by molar-refractivity contribution is 5.79. The van der Waals surface area contributed by atoms with E-state index in [1.807, 2.05) is 4.90 Å². The molecule has 3 N–H and O–H groups in total. The van der Waals surface area contributed by atoms with Gasteiger partial charge in [-0.2, -0.15) is 0 Å². The van der Waals surface area contributed by atoms with Gasteiger partial charge in [-0.05, 0) is 37.0 Å². The number of urea groups is 1. The second kappa shape index (κ2) is 11.2. The lowest BCUT2D eigenvalue weighted by Crippen LogP contribution is -2.42. The summed E-state index contributed by atoms with van der Waals surface area (Å²) in [6.07, 6.45) is 3.64. The molecule has 7 nitrogen and oxygen atoms in total. The molecule has 27 heavy (non-hydrogen) atoms. The Morgan fingerprint density at radius 1 is 0.963 bits per heavy atom. The molecule has 8 heteroatoms. The summed E-state index contributed by atoms with van der Waals surface area (Å²) in [6, 6.07) is 5.50. The van der Waals surface area contributed by atoms with Crippen LogP contribution < -0.4 is 16.0 Å². The van der Waals surface area contributed by atoms with Crippen LogP contribution in [0, 0.1) is 5.82 Å². The van der Waals surface area contributed by atoms with Gasteiger partial charge in [0, 0.05) is 39.1 Å². The lowest BCUT2D eigenvalue weighted by molar-refractivity contribution is -0.131. The molecule has 0 aliphatic carbocycles. The molecule has 0 aromatic heterocycles. The molecule has 0 saturated carbocycles. The van der Waals surface area contributed by atoms with Crippen LogP contribution in [0.15, 0.2) is 24.3 Å². The third-order valence-electron chi connectivity index (χ3n) is 4.32. The molecule has 0 atom stereocenters. The molecular weight excluding hydrogens is 351 g/mol. The molecule has 1 aliphatic rings. The van der Waals surface area contributed by atoms with Crippen molar-refractivity contribution in [2.75, 3.05) is 32.7 Å². The molecule has 1 saturated heterocycles. The van der Waals surface area contributed by atoms with E-state index >= 15 is 0 Å². The molecule has 1 aromatic carbocycles. The van der Waals surface area contributed by atoms with Crippen molar-refractivity contribution in [3.05, 3.63) is 35.6 Å². The van der Waals surface area contributed by atoms with Crippen molar-refractivity contribution >= 4 is 17.8 Å². The number of benzene rings is 1. The summed E-state index contributed by atoms with van der Waals surface area (Å²) in [5.41, 5.74) is 0.594. The van der Waals surface area contributed by atoms with Gasteiger partial charge in [-0.1, -0.05) is 12.1 Å².